The van der Waals surface area contributed by atoms with Crippen LogP contribution >= 0.6 is 0 Å². The first-order chi connectivity index (χ1) is 11.2. The summed E-state index contributed by atoms with van der Waals surface area (Å²) >= 11 is 0. The first-order valence-corrected chi connectivity index (χ1v) is 7.83. The molecule has 1 aliphatic heterocycles. The van der Waals surface area contributed by atoms with Gasteiger partial charge in [0.2, 0.25) is 0 Å². The van der Waals surface area contributed by atoms with Crippen LogP contribution in [0.1, 0.15) is 18.0 Å². The van der Waals surface area contributed by atoms with Gasteiger partial charge in [-0.15, -0.1) is 0 Å². The zero-order valence-corrected chi connectivity index (χ0v) is 12.9. The number of aliphatic carboxylic acids is 1. The van der Waals surface area contributed by atoms with Crippen LogP contribution in [0, 0.1) is 11.3 Å². The van der Waals surface area contributed by atoms with Gasteiger partial charge in [-0.25, -0.2) is 0 Å². The normalized spacial score (nSPS) is 17.9. The highest BCUT2D eigenvalue weighted by molar-refractivity contribution is 5.89. The Hall–Kier alpha value is -2.36. The van der Waals surface area contributed by atoms with Crippen molar-refractivity contribution >= 4 is 16.9 Å². The molecule has 0 spiro atoms. The van der Waals surface area contributed by atoms with Gasteiger partial charge in [0.05, 0.1) is 6.07 Å². The number of para-hydroxylation sites is 1. The lowest BCUT2D eigenvalue weighted by molar-refractivity contribution is -0.144. The minimum atomic E-state index is -0.819. The van der Waals surface area contributed by atoms with Crippen LogP contribution in [0.2, 0.25) is 0 Å². The number of hydrogen-bond donors (Lipinski definition) is 2. The van der Waals surface area contributed by atoms with Crippen LogP contribution in [0.15, 0.2) is 30.5 Å². The summed E-state index contributed by atoms with van der Waals surface area (Å²) in [6.45, 7) is 3.75. The van der Waals surface area contributed by atoms with Crippen molar-refractivity contribution in [3.8, 4) is 6.07 Å². The summed E-state index contributed by atoms with van der Waals surface area (Å²) in [4.78, 5) is 19.3. The highest BCUT2D eigenvalue weighted by Crippen LogP contribution is 2.29. The van der Waals surface area contributed by atoms with Crippen molar-refractivity contribution in [3.05, 3.63) is 36.0 Å². The molecule has 6 heteroatoms. The number of hydrogen-bond acceptors (Lipinski definition) is 4. The lowest BCUT2D eigenvalue weighted by atomic mass is 10.0. The van der Waals surface area contributed by atoms with E-state index in [2.05, 4.69) is 16.0 Å². The molecule has 1 aliphatic rings. The molecule has 23 heavy (non-hydrogen) atoms. The van der Waals surface area contributed by atoms with Crippen molar-refractivity contribution in [1.29, 1.82) is 5.26 Å². The summed E-state index contributed by atoms with van der Waals surface area (Å²) in [7, 11) is 0. The zero-order valence-electron chi connectivity index (χ0n) is 12.9. The molecule has 3 rings (SSSR count). The molecule has 1 aromatic carbocycles. The molecule has 2 heterocycles. The largest absolute Gasteiger partial charge is 0.480 e. The predicted molar refractivity (Wildman–Crippen MR) is 86.9 cm³/mol. The van der Waals surface area contributed by atoms with Crippen molar-refractivity contribution in [3.63, 3.8) is 0 Å². The first kappa shape index (κ1) is 15.5. The summed E-state index contributed by atoms with van der Waals surface area (Å²) in [5.74, 6) is -0.819. The van der Waals surface area contributed by atoms with E-state index in [1.807, 2.05) is 35.4 Å². The van der Waals surface area contributed by atoms with Crippen molar-refractivity contribution in [2.75, 3.05) is 32.7 Å². The maximum Gasteiger partial charge on any atom is 0.325 e. The van der Waals surface area contributed by atoms with Gasteiger partial charge < -0.3 is 10.1 Å². The number of H-pyrrole nitrogens is 1. The van der Waals surface area contributed by atoms with Crippen LogP contribution in [-0.4, -0.2) is 58.6 Å². The summed E-state index contributed by atoms with van der Waals surface area (Å²) in [5, 5.41) is 19.4. The van der Waals surface area contributed by atoms with Crippen LogP contribution < -0.4 is 0 Å². The number of aromatic nitrogens is 1. The van der Waals surface area contributed by atoms with Crippen molar-refractivity contribution in [2.24, 2.45) is 0 Å². The zero-order chi connectivity index (χ0) is 16.2. The third kappa shape index (κ3) is 3.21. The van der Waals surface area contributed by atoms with Gasteiger partial charge in [-0.3, -0.25) is 14.6 Å². The van der Waals surface area contributed by atoms with Gasteiger partial charge in [0.25, 0.3) is 0 Å². The third-order valence-electron chi connectivity index (χ3n) is 4.46. The van der Waals surface area contributed by atoms with E-state index >= 15 is 0 Å². The van der Waals surface area contributed by atoms with E-state index in [0.717, 1.165) is 36.1 Å². The van der Waals surface area contributed by atoms with Gasteiger partial charge in [-0.1, -0.05) is 18.2 Å². The molecule has 0 bridgehead atoms. The minimum absolute atomic E-state index is 0.519. The predicted octanol–water partition coefficient (Wildman–Crippen LogP) is 1.82. The second-order valence-electron chi connectivity index (χ2n) is 5.82. The second kappa shape index (κ2) is 6.82. The Kier molecular flexibility index (Phi) is 4.60. The van der Waals surface area contributed by atoms with Crippen molar-refractivity contribution < 1.29 is 9.90 Å². The fourth-order valence-corrected chi connectivity index (χ4v) is 3.26. The van der Waals surface area contributed by atoms with Gasteiger partial charge >= 0.3 is 5.97 Å². The Morgan fingerprint density at radius 3 is 2.74 bits per heavy atom. The Labute approximate surface area is 134 Å². The highest BCUT2D eigenvalue weighted by Gasteiger charge is 2.31. The summed E-state index contributed by atoms with van der Waals surface area (Å²) in [6.07, 6.45) is 2.33. The standard InChI is InChI=1S/C17H20N4O2/c18-6-3-7-20-8-10-21(11-9-20)16(17(22)23)14-12-19-15-5-2-1-4-13(14)15/h1-2,4-5,12,16,19H,3,7-11H2,(H,22,23)/t16-/m1/s1. The monoisotopic (exact) mass is 312 g/mol. The minimum Gasteiger partial charge on any atom is -0.480 e. The van der Waals surface area contributed by atoms with E-state index < -0.39 is 12.0 Å². The number of piperazine rings is 1. The van der Waals surface area contributed by atoms with Crippen LogP contribution in [0.3, 0.4) is 0 Å². The fraction of sp³-hybridized carbons (Fsp3) is 0.412. The number of nitriles is 1. The number of nitrogens with zero attached hydrogens (tertiary/aromatic N) is 3. The second-order valence-corrected chi connectivity index (χ2v) is 5.82. The summed E-state index contributed by atoms with van der Waals surface area (Å²) in [5.41, 5.74) is 1.78. The topological polar surface area (TPSA) is 83.4 Å². The molecule has 1 aromatic heterocycles. The molecule has 6 nitrogen and oxygen atoms in total. The van der Waals surface area contributed by atoms with E-state index in [4.69, 9.17) is 5.26 Å². The van der Waals surface area contributed by atoms with E-state index in [9.17, 15) is 9.90 Å². The van der Waals surface area contributed by atoms with Gasteiger partial charge in [0.15, 0.2) is 0 Å². The number of nitrogens with one attached hydrogen (secondary N) is 1. The number of aromatic amines is 1. The average molecular weight is 312 g/mol. The summed E-state index contributed by atoms with van der Waals surface area (Å²) < 4.78 is 0. The Balaban J connectivity index is 1.78. The molecule has 0 aliphatic carbocycles. The number of rotatable bonds is 5. The number of carbonyl (C=O) groups is 1. The Bertz CT molecular complexity index is 726. The van der Waals surface area contributed by atoms with Crippen molar-refractivity contribution in [2.45, 2.75) is 12.5 Å². The Morgan fingerprint density at radius 1 is 1.30 bits per heavy atom. The molecule has 0 amide bonds. The van der Waals surface area contributed by atoms with E-state index in [1.165, 1.54) is 0 Å². The molecule has 0 radical (unpaired) electrons. The molecule has 1 fully saturated rings. The molecule has 2 aromatic rings. The molecule has 1 saturated heterocycles. The lowest BCUT2D eigenvalue weighted by Gasteiger charge is -2.37. The third-order valence-corrected chi connectivity index (χ3v) is 4.46. The van der Waals surface area contributed by atoms with E-state index in [1.54, 1.807) is 0 Å². The molecule has 120 valence electrons. The average Bonchev–Trinajstić information content (AvgIpc) is 2.98. The van der Waals surface area contributed by atoms with Crippen LogP contribution in [0.5, 0.6) is 0 Å². The number of fused-ring (bicyclic) bond motifs is 1. The number of carboxylic acids is 1. The number of carboxylic acid groups (broad SMARTS) is 1. The van der Waals surface area contributed by atoms with Gasteiger partial charge in [0, 0.05) is 61.8 Å². The Morgan fingerprint density at radius 2 is 2.04 bits per heavy atom. The molecule has 2 N–H and O–H groups in total. The molecule has 1 atom stereocenters. The van der Waals surface area contributed by atoms with Crippen molar-refractivity contribution in [1.82, 2.24) is 14.8 Å². The number of benzene rings is 1. The quantitative estimate of drug-likeness (QED) is 0.880. The molecular weight excluding hydrogens is 292 g/mol. The fourth-order valence-electron chi connectivity index (χ4n) is 3.26. The smallest absolute Gasteiger partial charge is 0.325 e. The van der Waals surface area contributed by atoms with E-state index in [-0.39, 0.29) is 0 Å². The van der Waals surface area contributed by atoms with E-state index in [0.29, 0.717) is 19.5 Å². The maximum atomic E-state index is 11.9. The first-order valence-electron chi connectivity index (χ1n) is 7.83. The van der Waals surface area contributed by atoms with Crippen LogP contribution in [-0.2, 0) is 4.79 Å². The molecule has 0 saturated carbocycles. The van der Waals surface area contributed by atoms with Gasteiger partial charge in [0.1, 0.15) is 6.04 Å². The van der Waals surface area contributed by atoms with Gasteiger partial charge in [-0.05, 0) is 6.07 Å². The maximum absolute atomic E-state index is 11.9. The molecular formula is C17H20N4O2. The molecule has 0 unspecified atom stereocenters. The summed E-state index contributed by atoms with van der Waals surface area (Å²) in [6, 6.07) is 9.30. The lowest BCUT2D eigenvalue weighted by Crippen LogP contribution is -2.49. The van der Waals surface area contributed by atoms with Crippen LogP contribution in [0.25, 0.3) is 10.9 Å². The van der Waals surface area contributed by atoms with Gasteiger partial charge in [-0.2, -0.15) is 5.26 Å². The van der Waals surface area contributed by atoms with Crippen LogP contribution in [0.4, 0.5) is 0 Å². The highest BCUT2D eigenvalue weighted by atomic mass is 16.4. The SMILES string of the molecule is N#CCCN1CCN([C@@H](C(=O)O)c2c[nH]c3ccccc23)CC1.